The van der Waals surface area contributed by atoms with Crippen LogP contribution in [0.25, 0.3) is 22.2 Å². The standard InChI is InChI=1S/C25H27N3O4/c1-14-10-15(2)13-28(12-14)20-11-19(26-8-9-31-16(3)29)21-22-23(20)27-32-25(22)18-7-5-4-6-17(18)24(21)30/h4-7,11,14-15,26H,8-10,12-13H2,1-3H3/t14-,15-/m1/s1. The van der Waals surface area contributed by atoms with Gasteiger partial charge in [0, 0.05) is 43.4 Å². The summed E-state index contributed by atoms with van der Waals surface area (Å²) in [5, 5.41) is 8.53. The Hall–Kier alpha value is -3.35. The van der Waals surface area contributed by atoms with Crippen molar-refractivity contribution < 1.29 is 18.8 Å². The maximum atomic E-state index is 13.5. The van der Waals surface area contributed by atoms with Gasteiger partial charge in [0.2, 0.25) is 0 Å². The second-order valence-corrected chi connectivity index (χ2v) is 9.05. The first kappa shape index (κ1) is 20.5. The average molecular weight is 434 g/mol. The molecule has 0 saturated carbocycles. The average Bonchev–Trinajstić information content (AvgIpc) is 3.19. The fraction of sp³-hybridized carbons (Fsp3) is 0.400. The van der Waals surface area contributed by atoms with Crippen LogP contribution >= 0.6 is 0 Å². The predicted molar refractivity (Wildman–Crippen MR) is 123 cm³/mol. The van der Waals surface area contributed by atoms with E-state index >= 15 is 0 Å². The number of esters is 1. The van der Waals surface area contributed by atoms with Crippen LogP contribution < -0.4 is 10.2 Å². The smallest absolute Gasteiger partial charge is 0.302 e. The van der Waals surface area contributed by atoms with Crippen LogP contribution in [-0.2, 0) is 9.53 Å². The molecule has 0 amide bonds. The van der Waals surface area contributed by atoms with Crippen molar-refractivity contribution in [2.24, 2.45) is 11.8 Å². The highest BCUT2D eigenvalue weighted by Crippen LogP contribution is 2.46. The molecule has 1 N–H and O–H groups in total. The van der Waals surface area contributed by atoms with Crippen LogP contribution in [0.4, 0.5) is 11.4 Å². The summed E-state index contributed by atoms with van der Waals surface area (Å²) in [6, 6.07) is 9.49. The molecule has 0 bridgehead atoms. The highest BCUT2D eigenvalue weighted by molar-refractivity contribution is 6.28. The van der Waals surface area contributed by atoms with E-state index in [1.54, 1.807) is 0 Å². The first-order valence-corrected chi connectivity index (χ1v) is 11.2. The lowest BCUT2D eigenvalue weighted by Crippen LogP contribution is -2.39. The molecule has 2 heterocycles. The molecule has 2 aliphatic rings. The van der Waals surface area contributed by atoms with Gasteiger partial charge in [-0.05, 0) is 24.3 Å². The number of piperidine rings is 1. The highest BCUT2D eigenvalue weighted by atomic mass is 16.5. The lowest BCUT2D eigenvalue weighted by molar-refractivity contribution is -0.140. The van der Waals surface area contributed by atoms with Crippen molar-refractivity contribution in [3.8, 4) is 11.3 Å². The second-order valence-electron chi connectivity index (χ2n) is 9.05. The Morgan fingerprint density at radius 3 is 2.66 bits per heavy atom. The summed E-state index contributed by atoms with van der Waals surface area (Å²) < 4.78 is 10.9. The molecule has 0 spiro atoms. The molecule has 0 radical (unpaired) electrons. The number of rotatable bonds is 5. The number of nitrogens with one attached hydrogen (secondary N) is 1. The largest absolute Gasteiger partial charge is 0.464 e. The minimum absolute atomic E-state index is 0.0526. The maximum absolute atomic E-state index is 13.5. The molecule has 1 aromatic heterocycles. The fourth-order valence-electron chi connectivity index (χ4n) is 5.16. The van der Waals surface area contributed by atoms with Crippen LogP contribution in [0.1, 0.15) is 43.1 Å². The third kappa shape index (κ3) is 3.42. The number of hydrogen-bond acceptors (Lipinski definition) is 7. The quantitative estimate of drug-likeness (QED) is 0.366. The monoisotopic (exact) mass is 433 g/mol. The molecular weight excluding hydrogens is 406 g/mol. The molecule has 7 nitrogen and oxygen atoms in total. The van der Waals surface area contributed by atoms with Crippen molar-refractivity contribution in [1.82, 2.24) is 5.16 Å². The zero-order chi connectivity index (χ0) is 22.4. The third-order valence-corrected chi connectivity index (χ3v) is 6.31. The first-order valence-electron chi connectivity index (χ1n) is 11.2. The molecule has 1 aliphatic heterocycles. The van der Waals surface area contributed by atoms with Crippen molar-refractivity contribution in [2.45, 2.75) is 27.2 Å². The Labute approximate surface area is 186 Å². The van der Waals surface area contributed by atoms with Gasteiger partial charge < -0.3 is 19.5 Å². The SMILES string of the molecule is CC(=O)OCCNc1cc(N2C[C@H](C)C[C@@H](C)C2)c2noc3c2c1C(=O)c1ccccc1-3. The van der Waals surface area contributed by atoms with Gasteiger partial charge in [0.05, 0.1) is 16.6 Å². The van der Waals surface area contributed by atoms with Crippen molar-refractivity contribution in [2.75, 3.05) is 36.5 Å². The highest BCUT2D eigenvalue weighted by Gasteiger charge is 2.34. The topological polar surface area (TPSA) is 84.7 Å². The van der Waals surface area contributed by atoms with E-state index in [1.807, 2.05) is 30.3 Å². The Kier molecular flexibility index (Phi) is 5.12. The fourth-order valence-corrected chi connectivity index (χ4v) is 5.16. The van der Waals surface area contributed by atoms with E-state index in [1.165, 1.54) is 13.3 Å². The van der Waals surface area contributed by atoms with Gasteiger partial charge in [-0.1, -0.05) is 43.3 Å². The van der Waals surface area contributed by atoms with Gasteiger partial charge in [-0.25, -0.2) is 0 Å². The van der Waals surface area contributed by atoms with E-state index in [9.17, 15) is 9.59 Å². The van der Waals surface area contributed by atoms with Gasteiger partial charge >= 0.3 is 5.97 Å². The third-order valence-electron chi connectivity index (χ3n) is 6.31. The molecule has 5 rings (SSSR count). The molecule has 1 saturated heterocycles. The zero-order valence-corrected chi connectivity index (χ0v) is 18.6. The summed E-state index contributed by atoms with van der Waals surface area (Å²) in [5.74, 6) is 1.38. The van der Waals surface area contributed by atoms with Crippen molar-refractivity contribution in [1.29, 1.82) is 0 Å². The predicted octanol–water partition coefficient (Wildman–Crippen LogP) is 4.50. The van der Waals surface area contributed by atoms with Gasteiger partial charge in [0.1, 0.15) is 12.1 Å². The number of carbonyl (C=O) groups excluding carboxylic acids is 2. The molecule has 3 aromatic rings. The van der Waals surface area contributed by atoms with Crippen LogP contribution in [0.3, 0.4) is 0 Å². The summed E-state index contributed by atoms with van der Waals surface area (Å²) >= 11 is 0. The molecule has 2 aromatic carbocycles. The van der Waals surface area contributed by atoms with Gasteiger partial charge in [0.25, 0.3) is 0 Å². The Morgan fingerprint density at radius 2 is 1.94 bits per heavy atom. The normalized spacial score (nSPS) is 19.7. The van der Waals surface area contributed by atoms with Gasteiger partial charge in [-0.15, -0.1) is 0 Å². The van der Waals surface area contributed by atoms with Gasteiger partial charge in [-0.3, -0.25) is 9.59 Å². The lowest BCUT2D eigenvalue weighted by atomic mass is 9.85. The van der Waals surface area contributed by atoms with Crippen molar-refractivity contribution >= 4 is 34.0 Å². The van der Waals surface area contributed by atoms with E-state index in [0.29, 0.717) is 35.3 Å². The zero-order valence-electron chi connectivity index (χ0n) is 18.6. The van der Waals surface area contributed by atoms with Crippen LogP contribution in [0.5, 0.6) is 0 Å². The van der Waals surface area contributed by atoms with Crippen molar-refractivity contribution in [3.63, 3.8) is 0 Å². The minimum Gasteiger partial charge on any atom is -0.464 e. The Balaban J connectivity index is 1.66. The van der Waals surface area contributed by atoms with Crippen LogP contribution in [-0.4, -0.2) is 43.2 Å². The number of aromatic nitrogens is 1. The van der Waals surface area contributed by atoms with E-state index < -0.39 is 0 Å². The van der Waals surface area contributed by atoms with Gasteiger partial charge in [0.15, 0.2) is 11.5 Å². The first-order chi connectivity index (χ1) is 15.4. The summed E-state index contributed by atoms with van der Waals surface area (Å²) in [6.07, 6.45) is 1.20. The summed E-state index contributed by atoms with van der Waals surface area (Å²) in [4.78, 5) is 27.0. The molecular formula is C25H27N3O4. The van der Waals surface area contributed by atoms with Crippen LogP contribution in [0, 0.1) is 11.8 Å². The van der Waals surface area contributed by atoms with Gasteiger partial charge in [-0.2, -0.15) is 0 Å². The van der Waals surface area contributed by atoms with E-state index in [-0.39, 0.29) is 18.4 Å². The molecule has 0 unspecified atom stereocenters. The number of hydrogen-bond donors (Lipinski definition) is 1. The lowest BCUT2D eigenvalue weighted by Gasteiger charge is -2.37. The van der Waals surface area contributed by atoms with Crippen LogP contribution in [0.2, 0.25) is 0 Å². The number of fused-ring (bicyclic) bond motifs is 2. The molecule has 2 atom stereocenters. The van der Waals surface area contributed by atoms with E-state index in [4.69, 9.17) is 9.26 Å². The second kappa shape index (κ2) is 7.97. The molecule has 1 aliphatic carbocycles. The van der Waals surface area contributed by atoms with E-state index in [0.717, 1.165) is 40.9 Å². The van der Waals surface area contributed by atoms with Crippen molar-refractivity contribution in [3.05, 3.63) is 41.5 Å². The maximum Gasteiger partial charge on any atom is 0.302 e. The summed E-state index contributed by atoms with van der Waals surface area (Å²) in [5.41, 5.74) is 4.36. The molecule has 1 fully saturated rings. The van der Waals surface area contributed by atoms with Crippen LogP contribution in [0.15, 0.2) is 34.9 Å². The number of anilines is 2. The molecule has 32 heavy (non-hydrogen) atoms. The number of ether oxygens (including phenoxy) is 1. The number of carbonyl (C=O) groups is 2. The number of benzene rings is 2. The number of nitrogens with zero attached hydrogens (tertiary/aromatic N) is 2. The van der Waals surface area contributed by atoms with E-state index in [2.05, 4.69) is 29.2 Å². The summed E-state index contributed by atoms with van der Waals surface area (Å²) in [6.45, 7) is 8.40. The Bertz CT molecular complexity index is 1210. The Morgan fingerprint density at radius 1 is 1.22 bits per heavy atom. The number of ketones is 1. The summed E-state index contributed by atoms with van der Waals surface area (Å²) in [7, 11) is 0. The minimum atomic E-state index is -0.327. The molecule has 166 valence electrons. The molecule has 7 heteroatoms.